The molecule has 0 aliphatic rings. The minimum atomic E-state index is 0.143. The van der Waals surface area contributed by atoms with E-state index < -0.39 is 0 Å². The van der Waals surface area contributed by atoms with Crippen LogP contribution in [-0.2, 0) is 9.53 Å². The van der Waals surface area contributed by atoms with Gasteiger partial charge in [-0.2, -0.15) is 0 Å². The summed E-state index contributed by atoms with van der Waals surface area (Å²) in [6.45, 7) is 8.97. The van der Waals surface area contributed by atoms with E-state index in [2.05, 4.69) is 12.2 Å². The van der Waals surface area contributed by atoms with Gasteiger partial charge in [-0.1, -0.05) is 6.92 Å². The van der Waals surface area contributed by atoms with Crippen molar-refractivity contribution in [2.45, 2.75) is 39.7 Å². The molecule has 96 valence electrons. The molecule has 4 heteroatoms. The lowest BCUT2D eigenvalue weighted by Gasteiger charge is -2.21. The first kappa shape index (κ1) is 15.4. The van der Waals surface area contributed by atoms with E-state index in [-0.39, 0.29) is 11.9 Å². The van der Waals surface area contributed by atoms with Crippen LogP contribution in [0.15, 0.2) is 0 Å². The zero-order valence-electron chi connectivity index (χ0n) is 11.1. The van der Waals surface area contributed by atoms with E-state index in [9.17, 15) is 4.79 Å². The topological polar surface area (TPSA) is 41.6 Å². The summed E-state index contributed by atoms with van der Waals surface area (Å²) in [5, 5.41) is 3.13. The Morgan fingerprint density at radius 1 is 1.38 bits per heavy atom. The molecule has 0 spiro atoms. The molecule has 0 atom stereocenters. The molecule has 0 aromatic heterocycles. The van der Waals surface area contributed by atoms with Gasteiger partial charge < -0.3 is 15.0 Å². The third-order valence-corrected chi connectivity index (χ3v) is 2.43. The van der Waals surface area contributed by atoms with Crippen molar-refractivity contribution in [3.63, 3.8) is 0 Å². The van der Waals surface area contributed by atoms with Gasteiger partial charge in [-0.25, -0.2) is 0 Å². The van der Waals surface area contributed by atoms with Crippen molar-refractivity contribution >= 4 is 5.91 Å². The van der Waals surface area contributed by atoms with Gasteiger partial charge in [-0.05, 0) is 33.2 Å². The number of carbonyl (C=O) groups excluding carboxylic acids is 1. The number of ether oxygens (including phenoxy) is 1. The van der Waals surface area contributed by atoms with Gasteiger partial charge in [0.2, 0.25) is 5.91 Å². The number of rotatable bonds is 9. The number of amides is 1. The van der Waals surface area contributed by atoms with Crippen LogP contribution in [0.4, 0.5) is 0 Å². The van der Waals surface area contributed by atoms with Gasteiger partial charge in [0.1, 0.15) is 0 Å². The highest BCUT2D eigenvalue weighted by Gasteiger charge is 2.10. The van der Waals surface area contributed by atoms with E-state index in [4.69, 9.17) is 4.74 Å². The first-order chi connectivity index (χ1) is 7.59. The Labute approximate surface area is 99.3 Å². The molecule has 0 aromatic carbocycles. The van der Waals surface area contributed by atoms with Gasteiger partial charge in [0.05, 0.1) is 6.54 Å². The van der Waals surface area contributed by atoms with E-state index in [0.29, 0.717) is 6.54 Å². The van der Waals surface area contributed by atoms with Crippen LogP contribution in [0.1, 0.15) is 33.6 Å². The van der Waals surface area contributed by atoms with Crippen molar-refractivity contribution in [2.75, 3.05) is 33.4 Å². The molecular formula is C12H26N2O2. The highest BCUT2D eigenvalue weighted by atomic mass is 16.5. The molecule has 0 aromatic rings. The SMILES string of the molecule is CCCOCCCNCC(=O)N(C)C(C)C. The molecule has 0 aliphatic carbocycles. The maximum atomic E-state index is 11.6. The Bertz CT molecular complexity index is 184. The zero-order valence-corrected chi connectivity index (χ0v) is 11.1. The van der Waals surface area contributed by atoms with Crippen LogP contribution in [0.3, 0.4) is 0 Å². The summed E-state index contributed by atoms with van der Waals surface area (Å²) in [5.74, 6) is 0.143. The van der Waals surface area contributed by atoms with Crippen LogP contribution < -0.4 is 5.32 Å². The molecule has 1 amide bonds. The summed E-state index contributed by atoms with van der Waals surface area (Å²) in [6.07, 6.45) is 2.02. The largest absolute Gasteiger partial charge is 0.381 e. The highest BCUT2D eigenvalue weighted by molar-refractivity contribution is 5.78. The molecule has 0 rings (SSSR count). The molecule has 0 heterocycles. The standard InChI is InChI=1S/C12H26N2O2/c1-5-8-16-9-6-7-13-10-12(15)14(4)11(2)3/h11,13H,5-10H2,1-4H3. The Balaban J connectivity index is 3.34. The normalized spacial score (nSPS) is 10.8. The lowest BCUT2D eigenvalue weighted by atomic mass is 10.3. The van der Waals surface area contributed by atoms with Crippen LogP contribution in [-0.4, -0.2) is 50.2 Å². The predicted octanol–water partition coefficient (Wildman–Crippen LogP) is 1.26. The van der Waals surface area contributed by atoms with Crippen molar-refractivity contribution in [1.29, 1.82) is 0 Å². The van der Waals surface area contributed by atoms with Crippen LogP contribution >= 0.6 is 0 Å². The number of nitrogens with one attached hydrogen (secondary N) is 1. The molecule has 16 heavy (non-hydrogen) atoms. The van der Waals surface area contributed by atoms with Gasteiger partial charge in [0, 0.05) is 26.3 Å². The summed E-state index contributed by atoms with van der Waals surface area (Å²) in [6, 6.07) is 0.266. The fourth-order valence-corrected chi connectivity index (χ4v) is 1.15. The Morgan fingerprint density at radius 2 is 2.06 bits per heavy atom. The maximum absolute atomic E-state index is 11.6. The average molecular weight is 230 g/mol. The van der Waals surface area contributed by atoms with E-state index in [0.717, 1.165) is 32.6 Å². The van der Waals surface area contributed by atoms with Gasteiger partial charge in [-0.3, -0.25) is 4.79 Å². The van der Waals surface area contributed by atoms with Crippen LogP contribution in [0.5, 0.6) is 0 Å². The predicted molar refractivity (Wildman–Crippen MR) is 66.5 cm³/mol. The van der Waals surface area contributed by atoms with Crippen molar-refractivity contribution in [3.8, 4) is 0 Å². The number of hydrogen-bond donors (Lipinski definition) is 1. The van der Waals surface area contributed by atoms with Crippen LogP contribution in [0.2, 0.25) is 0 Å². The summed E-state index contributed by atoms with van der Waals surface area (Å²) in [4.78, 5) is 13.3. The third-order valence-electron chi connectivity index (χ3n) is 2.43. The molecule has 4 nitrogen and oxygen atoms in total. The summed E-state index contributed by atoms with van der Waals surface area (Å²) >= 11 is 0. The lowest BCUT2D eigenvalue weighted by Crippen LogP contribution is -2.39. The summed E-state index contributed by atoms with van der Waals surface area (Å²) in [7, 11) is 1.83. The number of carbonyl (C=O) groups is 1. The Morgan fingerprint density at radius 3 is 2.62 bits per heavy atom. The number of nitrogens with zero attached hydrogens (tertiary/aromatic N) is 1. The number of likely N-dealkylation sites (N-methyl/N-ethyl adjacent to an activating group) is 1. The van der Waals surface area contributed by atoms with E-state index in [1.54, 1.807) is 4.90 Å². The third kappa shape index (κ3) is 7.65. The van der Waals surface area contributed by atoms with E-state index in [1.807, 2.05) is 20.9 Å². The molecule has 1 N–H and O–H groups in total. The minimum absolute atomic E-state index is 0.143. The first-order valence-electron chi connectivity index (χ1n) is 6.13. The quantitative estimate of drug-likeness (QED) is 0.606. The number of hydrogen-bond acceptors (Lipinski definition) is 3. The van der Waals surface area contributed by atoms with Gasteiger partial charge >= 0.3 is 0 Å². The molecule has 0 radical (unpaired) electrons. The second-order valence-corrected chi connectivity index (χ2v) is 4.24. The Hall–Kier alpha value is -0.610. The fraction of sp³-hybridized carbons (Fsp3) is 0.917. The average Bonchev–Trinajstić information content (AvgIpc) is 2.26. The smallest absolute Gasteiger partial charge is 0.236 e. The molecule has 0 saturated heterocycles. The first-order valence-corrected chi connectivity index (χ1v) is 6.13. The molecule has 0 aliphatic heterocycles. The lowest BCUT2D eigenvalue weighted by molar-refractivity contribution is -0.130. The van der Waals surface area contributed by atoms with E-state index in [1.165, 1.54) is 0 Å². The molecule has 0 fully saturated rings. The summed E-state index contributed by atoms with van der Waals surface area (Å²) in [5.41, 5.74) is 0. The maximum Gasteiger partial charge on any atom is 0.236 e. The van der Waals surface area contributed by atoms with Crippen molar-refractivity contribution < 1.29 is 9.53 Å². The summed E-state index contributed by atoms with van der Waals surface area (Å²) < 4.78 is 5.34. The van der Waals surface area contributed by atoms with Crippen LogP contribution in [0.25, 0.3) is 0 Å². The van der Waals surface area contributed by atoms with Crippen molar-refractivity contribution in [2.24, 2.45) is 0 Å². The monoisotopic (exact) mass is 230 g/mol. The minimum Gasteiger partial charge on any atom is -0.381 e. The van der Waals surface area contributed by atoms with Gasteiger partial charge in [-0.15, -0.1) is 0 Å². The fourth-order valence-electron chi connectivity index (χ4n) is 1.15. The van der Waals surface area contributed by atoms with Crippen molar-refractivity contribution in [3.05, 3.63) is 0 Å². The van der Waals surface area contributed by atoms with Crippen molar-refractivity contribution in [1.82, 2.24) is 10.2 Å². The van der Waals surface area contributed by atoms with E-state index >= 15 is 0 Å². The second-order valence-electron chi connectivity index (χ2n) is 4.24. The molecule has 0 unspecified atom stereocenters. The zero-order chi connectivity index (χ0) is 12.4. The molecule has 0 bridgehead atoms. The second kappa shape index (κ2) is 9.60. The van der Waals surface area contributed by atoms with Gasteiger partial charge in [0.25, 0.3) is 0 Å². The van der Waals surface area contributed by atoms with Crippen LogP contribution in [0, 0.1) is 0 Å². The van der Waals surface area contributed by atoms with Gasteiger partial charge in [0.15, 0.2) is 0 Å². The Kier molecular flexibility index (Phi) is 9.24. The highest BCUT2D eigenvalue weighted by Crippen LogP contribution is 1.93. The molecule has 0 saturated carbocycles. The molecular weight excluding hydrogens is 204 g/mol.